The quantitative estimate of drug-likeness (QED) is 0.448. The molecule has 0 fully saturated rings. The van der Waals surface area contributed by atoms with E-state index >= 15 is 0 Å². The van der Waals surface area contributed by atoms with Crippen LogP contribution >= 0.6 is 40.3 Å². The molecule has 4 aromatic rings. The smallest absolute Gasteiger partial charge is 0.172 e. The van der Waals surface area contributed by atoms with Crippen molar-refractivity contribution in [2.24, 2.45) is 5.73 Å². The van der Waals surface area contributed by atoms with Gasteiger partial charge in [-0.2, -0.15) is 0 Å². The molecule has 0 bridgehead atoms. The van der Waals surface area contributed by atoms with Crippen LogP contribution in [0.4, 0.5) is 0 Å². The Morgan fingerprint density at radius 2 is 1.89 bits per heavy atom. The fourth-order valence-corrected chi connectivity index (χ4v) is 3.85. The van der Waals surface area contributed by atoms with Crippen molar-refractivity contribution in [1.82, 2.24) is 14.6 Å². The highest BCUT2D eigenvalue weighted by molar-refractivity contribution is 8.93. The Bertz CT molecular complexity index is 1100. The van der Waals surface area contributed by atoms with Crippen LogP contribution in [-0.2, 0) is 6.54 Å². The molecule has 4 rings (SSSR count). The highest BCUT2D eigenvalue weighted by Crippen LogP contribution is 2.33. The molecule has 0 spiro atoms. The fraction of sp³-hybridized carbons (Fsp3) is 0.0526. The zero-order valence-corrected chi connectivity index (χ0v) is 17.3. The summed E-state index contributed by atoms with van der Waals surface area (Å²) in [5, 5.41) is 19.1. The van der Waals surface area contributed by atoms with Crippen LogP contribution in [0.3, 0.4) is 0 Å². The number of rotatable bonds is 4. The summed E-state index contributed by atoms with van der Waals surface area (Å²) in [4.78, 5) is 2.12. The predicted octanol–water partition coefficient (Wildman–Crippen LogP) is 4.94. The SMILES string of the molecule is Br.NCc1ccccc1Sc1ccc2nnc(-c3cc(Cl)ccc3O)n2c1. The Hall–Kier alpha value is -2.06. The van der Waals surface area contributed by atoms with Crippen LogP contribution in [0.1, 0.15) is 5.56 Å². The van der Waals surface area contributed by atoms with Gasteiger partial charge in [-0.25, -0.2) is 0 Å². The van der Waals surface area contributed by atoms with E-state index in [-0.39, 0.29) is 22.7 Å². The minimum Gasteiger partial charge on any atom is -0.507 e. The van der Waals surface area contributed by atoms with Gasteiger partial charge in [0.1, 0.15) is 5.75 Å². The van der Waals surface area contributed by atoms with E-state index in [0.717, 1.165) is 15.4 Å². The van der Waals surface area contributed by atoms with Gasteiger partial charge in [-0.3, -0.25) is 4.40 Å². The van der Waals surface area contributed by atoms with Gasteiger partial charge in [-0.15, -0.1) is 27.2 Å². The molecule has 2 aromatic heterocycles. The van der Waals surface area contributed by atoms with Crippen molar-refractivity contribution < 1.29 is 5.11 Å². The average Bonchev–Trinajstić information content (AvgIpc) is 3.07. The molecule has 0 aliphatic rings. The number of phenols is 1. The summed E-state index contributed by atoms with van der Waals surface area (Å²) in [5.74, 6) is 0.643. The number of hydrogen-bond acceptors (Lipinski definition) is 5. The second kappa shape index (κ2) is 8.31. The highest BCUT2D eigenvalue weighted by atomic mass is 79.9. The maximum Gasteiger partial charge on any atom is 0.172 e. The Kier molecular flexibility index (Phi) is 6.06. The number of pyridine rings is 1. The van der Waals surface area contributed by atoms with Gasteiger partial charge in [-0.1, -0.05) is 41.6 Å². The number of phenolic OH excluding ortho intramolecular Hbond substituents is 1. The molecule has 138 valence electrons. The average molecular weight is 464 g/mol. The Morgan fingerprint density at radius 3 is 2.70 bits per heavy atom. The molecule has 8 heteroatoms. The lowest BCUT2D eigenvalue weighted by atomic mass is 10.2. The maximum atomic E-state index is 10.2. The van der Waals surface area contributed by atoms with Gasteiger partial charge in [0.2, 0.25) is 0 Å². The molecule has 0 saturated carbocycles. The van der Waals surface area contributed by atoms with Crippen molar-refractivity contribution in [1.29, 1.82) is 0 Å². The Balaban J connectivity index is 0.00000210. The summed E-state index contributed by atoms with van der Waals surface area (Å²) in [6, 6.07) is 16.8. The van der Waals surface area contributed by atoms with Crippen LogP contribution < -0.4 is 5.73 Å². The molecule has 0 aliphatic heterocycles. The van der Waals surface area contributed by atoms with Gasteiger partial charge in [0, 0.05) is 27.6 Å². The molecule has 2 heterocycles. The molecule has 3 N–H and O–H groups in total. The molecule has 5 nitrogen and oxygen atoms in total. The van der Waals surface area contributed by atoms with Crippen molar-refractivity contribution in [3.8, 4) is 17.1 Å². The molecular weight excluding hydrogens is 448 g/mol. The van der Waals surface area contributed by atoms with Gasteiger partial charge >= 0.3 is 0 Å². The Labute approximate surface area is 176 Å². The van der Waals surface area contributed by atoms with E-state index in [4.69, 9.17) is 17.3 Å². The van der Waals surface area contributed by atoms with E-state index in [2.05, 4.69) is 10.2 Å². The number of hydrogen-bond donors (Lipinski definition) is 2. The summed E-state index contributed by atoms with van der Waals surface area (Å²) in [5.41, 5.74) is 8.15. The lowest BCUT2D eigenvalue weighted by Gasteiger charge is -2.08. The van der Waals surface area contributed by atoms with E-state index in [9.17, 15) is 5.11 Å². The molecule has 2 aromatic carbocycles. The monoisotopic (exact) mass is 462 g/mol. The number of benzene rings is 2. The van der Waals surface area contributed by atoms with Crippen LogP contribution in [0.2, 0.25) is 5.02 Å². The van der Waals surface area contributed by atoms with E-state index in [1.165, 1.54) is 0 Å². The number of aromatic hydroxyl groups is 1. The molecule has 0 amide bonds. The third-order valence-electron chi connectivity index (χ3n) is 4.00. The van der Waals surface area contributed by atoms with Crippen molar-refractivity contribution in [2.45, 2.75) is 16.3 Å². The standard InChI is InChI=1S/C19H15ClN4OS.BrH/c20-13-5-7-16(25)15(9-13)19-23-22-18-8-6-14(11-24(18)19)26-17-4-2-1-3-12(17)10-21;/h1-9,11,25H,10,21H2;1H. The van der Waals surface area contributed by atoms with Crippen molar-refractivity contribution in [3.63, 3.8) is 0 Å². The van der Waals surface area contributed by atoms with Crippen LogP contribution in [0.5, 0.6) is 5.75 Å². The lowest BCUT2D eigenvalue weighted by molar-refractivity contribution is 0.477. The van der Waals surface area contributed by atoms with E-state index in [1.54, 1.807) is 30.0 Å². The van der Waals surface area contributed by atoms with Crippen LogP contribution in [0.25, 0.3) is 17.0 Å². The molecular formula is C19H16BrClN4OS. The van der Waals surface area contributed by atoms with Gasteiger partial charge < -0.3 is 10.8 Å². The van der Waals surface area contributed by atoms with E-state index < -0.39 is 0 Å². The van der Waals surface area contributed by atoms with Gasteiger partial charge in [0.15, 0.2) is 11.5 Å². The van der Waals surface area contributed by atoms with Crippen LogP contribution in [-0.4, -0.2) is 19.7 Å². The third-order valence-corrected chi connectivity index (χ3v) is 5.33. The summed E-state index contributed by atoms with van der Waals surface area (Å²) in [7, 11) is 0. The second-order valence-corrected chi connectivity index (χ2v) is 7.24. The molecule has 27 heavy (non-hydrogen) atoms. The largest absolute Gasteiger partial charge is 0.507 e. The molecule has 0 atom stereocenters. The van der Waals surface area contributed by atoms with Crippen molar-refractivity contribution >= 4 is 46.0 Å². The van der Waals surface area contributed by atoms with Crippen molar-refractivity contribution in [2.75, 3.05) is 0 Å². The summed E-state index contributed by atoms with van der Waals surface area (Å²) in [6.45, 7) is 0.486. The molecule has 0 aliphatic carbocycles. The number of halogens is 2. The molecule has 0 unspecified atom stereocenters. The topological polar surface area (TPSA) is 76.4 Å². The minimum absolute atomic E-state index is 0. The zero-order valence-electron chi connectivity index (χ0n) is 14.0. The Morgan fingerprint density at radius 1 is 1.07 bits per heavy atom. The number of nitrogens with two attached hydrogens (primary N) is 1. The summed E-state index contributed by atoms with van der Waals surface area (Å²) < 4.78 is 1.85. The number of fused-ring (bicyclic) bond motifs is 1. The first-order valence-electron chi connectivity index (χ1n) is 7.95. The normalized spacial score (nSPS) is 10.7. The first-order valence-corrected chi connectivity index (χ1v) is 9.14. The first-order chi connectivity index (χ1) is 12.7. The zero-order chi connectivity index (χ0) is 18.1. The maximum absolute atomic E-state index is 10.2. The van der Waals surface area contributed by atoms with Gasteiger partial charge in [-0.05, 0) is 42.0 Å². The van der Waals surface area contributed by atoms with Crippen molar-refractivity contribution in [3.05, 3.63) is 71.4 Å². The van der Waals surface area contributed by atoms with Crippen LogP contribution in [0.15, 0.2) is 70.6 Å². The first kappa shape index (κ1) is 19.7. The van der Waals surface area contributed by atoms with Gasteiger partial charge in [0.25, 0.3) is 0 Å². The fourth-order valence-electron chi connectivity index (χ4n) is 2.70. The number of aromatic nitrogens is 3. The second-order valence-electron chi connectivity index (χ2n) is 5.69. The predicted molar refractivity (Wildman–Crippen MR) is 114 cm³/mol. The summed E-state index contributed by atoms with van der Waals surface area (Å²) >= 11 is 7.70. The minimum atomic E-state index is 0. The summed E-state index contributed by atoms with van der Waals surface area (Å²) in [6.07, 6.45) is 1.95. The highest BCUT2D eigenvalue weighted by Gasteiger charge is 2.14. The van der Waals surface area contributed by atoms with E-state index in [0.29, 0.717) is 28.6 Å². The lowest BCUT2D eigenvalue weighted by Crippen LogP contribution is -1.97. The number of nitrogens with zero attached hydrogens (tertiary/aromatic N) is 3. The molecule has 0 radical (unpaired) electrons. The third kappa shape index (κ3) is 3.96. The van der Waals surface area contributed by atoms with Crippen LogP contribution in [0, 0.1) is 0 Å². The molecule has 0 saturated heterocycles. The van der Waals surface area contributed by atoms with Gasteiger partial charge in [0.05, 0.1) is 5.56 Å². The van der Waals surface area contributed by atoms with E-state index in [1.807, 2.05) is 47.0 Å².